The Labute approximate surface area is 176 Å². The van der Waals surface area contributed by atoms with E-state index in [0.29, 0.717) is 24.6 Å². The predicted octanol–water partition coefficient (Wildman–Crippen LogP) is 3.27. The molecule has 1 fully saturated rings. The number of benzene rings is 2. The van der Waals surface area contributed by atoms with Gasteiger partial charge in [0.05, 0.1) is 24.3 Å². The molecule has 6 nitrogen and oxygen atoms in total. The number of carbonyl (C=O) groups excluding carboxylic acids is 1. The van der Waals surface area contributed by atoms with Gasteiger partial charge in [0.15, 0.2) is 0 Å². The number of ether oxygens (including phenoxy) is 2. The molecule has 1 aliphatic heterocycles. The Morgan fingerprint density at radius 3 is 2.67 bits per heavy atom. The first-order valence-electron chi connectivity index (χ1n) is 10.4. The van der Waals surface area contributed by atoms with Crippen LogP contribution in [0.1, 0.15) is 22.3 Å². The number of nitrogens with one attached hydrogen (secondary N) is 1. The molecule has 0 atom stereocenters. The molecule has 0 aliphatic carbocycles. The van der Waals surface area contributed by atoms with Crippen LogP contribution in [0.3, 0.4) is 0 Å². The minimum Gasteiger partial charge on any atom is -0.473 e. The van der Waals surface area contributed by atoms with Gasteiger partial charge in [-0.1, -0.05) is 48.5 Å². The number of aromatic nitrogens is 1. The lowest BCUT2D eigenvalue weighted by Gasteiger charge is -2.26. The van der Waals surface area contributed by atoms with Crippen LogP contribution < -0.4 is 10.1 Å². The third-order valence-corrected chi connectivity index (χ3v) is 5.21. The summed E-state index contributed by atoms with van der Waals surface area (Å²) in [5, 5.41) is 3.88. The number of carbonyl (C=O) groups is 1. The Morgan fingerprint density at radius 1 is 1.07 bits per heavy atom. The lowest BCUT2D eigenvalue weighted by molar-refractivity contribution is 0.0374. The SMILES string of the molecule is O=C(NCCCN1CCOCC1)c1cc(OCc2ccccc2)nc2ccccc12. The number of pyridine rings is 1. The minimum atomic E-state index is -0.0971. The van der Waals surface area contributed by atoms with Crippen molar-refractivity contribution in [3.63, 3.8) is 0 Å². The van der Waals surface area contributed by atoms with Gasteiger partial charge in [-0.05, 0) is 24.6 Å². The molecule has 1 aromatic heterocycles. The number of rotatable bonds is 8. The average Bonchev–Trinajstić information content (AvgIpc) is 2.81. The van der Waals surface area contributed by atoms with Gasteiger partial charge in [0.2, 0.25) is 5.88 Å². The van der Waals surface area contributed by atoms with E-state index in [4.69, 9.17) is 9.47 Å². The Kier molecular flexibility index (Phi) is 6.90. The molecule has 2 heterocycles. The molecule has 0 saturated carbocycles. The van der Waals surface area contributed by atoms with E-state index in [1.807, 2.05) is 54.6 Å². The highest BCUT2D eigenvalue weighted by Crippen LogP contribution is 2.22. The second-order valence-corrected chi connectivity index (χ2v) is 7.36. The van der Waals surface area contributed by atoms with Crippen molar-refractivity contribution >= 4 is 16.8 Å². The molecule has 0 spiro atoms. The molecule has 2 aromatic carbocycles. The number of hydrogen-bond acceptors (Lipinski definition) is 5. The second-order valence-electron chi connectivity index (χ2n) is 7.36. The summed E-state index contributed by atoms with van der Waals surface area (Å²) in [6.07, 6.45) is 0.909. The quantitative estimate of drug-likeness (QED) is 0.583. The molecule has 1 N–H and O–H groups in total. The zero-order valence-electron chi connectivity index (χ0n) is 17.0. The molecule has 3 aromatic rings. The topological polar surface area (TPSA) is 63.7 Å². The van der Waals surface area contributed by atoms with Crippen LogP contribution in [0.15, 0.2) is 60.7 Å². The highest BCUT2D eigenvalue weighted by atomic mass is 16.5. The Bertz CT molecular complexity index is 972. The number of fused-ring (bicyclic) bond motifs is 1. The maximum atomic E-state index is 12.9. The van der Waals surface area contributed by atoms with Gasteiger partial charge in [0.1, 0.15) is 6.61 Å². The fraction of sp³-hybridized carbons (Fsp3) is 0.333. The van der Waals surface area contributed by atoms with Crippen molar-refractivity contribution < 1.29 is 14.3 Å². The fourth-order valence-electron chi connectivity index (χ4n) is 3.57. The first-order valence-corrected chi connectivity index (χ1v) is 10.4. The van der Waals surface area contributed by atoms with Gasteiger partial charge in [-0.15, -0.1) is 0 Å². The molecule has 1 amide bonds. The van der Waals surface area contributed by atoms with Crippen LogP contribution in [0.25, 0.3) is 10.9 Å². The van der Waals surface area contributed by atoms with Gasteiger partial charge in [0, 0.05) is 31.1 Å². The van der Waals surface area contributed by atoms with E-state index in [9.17, 15) is 4.79 Å². The zero-order chi connectivity index (χ0) is 20.6. The monoisotopic (exact) mass is 405 g/mol. The normalized spacial score (nSPS) is 14.5. The van der Waals surface area contributed by atoms with Crippen molar-refractivity contribution in [2.24, 2.45) is 0 Å². The van der Waals surface area contributed by atoms with Crippen molar-refractivity contribution in [2.75, 3.05) is 39.4 Å². The Hall–Kier alpha value is -2.96. The van der Waals surface area contributed by atoms with E-state index < -0.39 is 0 Å². The highest BCUT2D eigenvalue weighted by molar-refractivity contribution is 6.06. The van der Waals surface area contributed by atoms with Crippen LogP contribution in [0.4, 0.5) is 0 Å². The molecule has 0 radical (unpaired) electrons. The number of nitrogens with zero attached hydrogens (tertiary/aromatic N) is 2. The standard InChI is InChI=1S/C24H27N3O3/c28-24(25-11-6-12-27-13-15-29-16-14-27)21-17-23(26-22-10-5-4-9-20(21)22)30-18-19-7-2-1-3-8-19/h1-5,7-10,17H,6,11-16,18H2,(H,25,28). The van der Waals surface area contributed by atoms with Crippen LogP contribution in [0.2, 0.25) is 0 Å². The van der Waals surface area contributed by atoms with Gasteiger partial charge >= 0.3 is 0 Å². The third kappa shape index (κ3) is 5.34. The Balaban J connectivity index is 1.41. The summed E-state index contributed by atoms with van der Waals surface area (Å²) >= 11 is 0. The van der Waals surface area contributed by atoms with Crippen molar-refractivity contribution in [2.45, 2.75) is 13.0 Å². The van der Waals surface area contributed by atoms with Crippen molar-refractivity contribution in [1.82, 2.24) is 15.2 Å². The van der Waals surface area contributed by atoms with E-state index in [1.54, 1.807) is 6.07 Å². The fourth-order valence-corrected chi connectivity index (χ4v) is 3.57. The molecule has 0 bridgehead atoms. The van der Waals surface area contributed by atoms with E-state index in [2.05, 4.69) is 15.2 Å². The van der Waals surface area contributed by atoms with Crippen LogP contribution in [-0.2, 0) is 11.3 Å². The number of amides is 1. The molecule has 1 saturated heterocycles. The molecular weight excluding hydrogens is 378 g/mol. The summed E-state index contributed by atoms with van der Waals surface area (Å²) in [6.45, 7) is 5.52. The first-order chi connectivity index (χ1) is 14.8. The van der Waals surface area contributed by atoms with Gasteiger partial charge < -0.3 is 14.8 Å². The molecule has 1 aliphatic rings. The van der Waals surface area contributed by atoms with Gasteiger partial charge in [-0.25, -0.2) is 4.98 Å². The van der Waals surface area contributed by atoms with Crippen molar-refractivity contribution in [3.8, 4) is 5.88 Å². The summed E-state index contributed by atoms with van der Waals surface area (Å²) in [5.41, 5.74) is 2.40. The van der Waals surface area contributed by atoms with Crippen LogP contribution in [-0.4, -0.2) is 55.2 Å². The van der Waals surface area contributed by atoms with Crippen molar-refractivity contribution in [3.05, 3.63) is 71.8 Å². The van der Waals surface area contributed by atoms with E-state index in [-0.39, 0.29) is 5.91 Å². The molecule has 4 rings (SSSR count). The molecule has 0 unspecified atom stereocenters. The summed E-state index contributed by atoms with van der Waals surface area (Å²) in [5.74, 6) is 0.358. The number of hydrogen-bond donors (Lipinski definition) is 1. The maximum Gasteiger partial charge on any atom is 0.252 e. The minimum absolute atomic E-state index is 0.0971. The van der Waals surface area contributed by atoms with Crippen LogP contribution in [0.5, 0.6) is 5.88 Å². The lowest BCUT2D eigenvalue weighted by atomic mass is 10.1. The zero-order valence-corrected chi connectivity index (χ0v) is 17.0. The van der Waals surface area contributed by atoms with Crippen LogP contribution >= 0.6 is 0 Å². The summed E-state index contributed by atoms with van der Waals surface area (Å²) < 4.78 is 11.3. The van der Waals surface area contributed by atoms with E-state index in [1.165, 1.54) is 0 Å². The summed E-state index contributed by atoms with van der Waals surface area (Å²) in [4.78, 5) is 19.8. The molecule has 156 valence electrons. The summed E-state index contributed by atoms with van der Waals surface area (Å²) in [6, 6.07) is 19.3. The van der Waals surface area contributed by atoms with Gasteiger partial charge in [-0.2, -0.15) is 0 Å². The van der Waals surface area contributed by atoms with E-state index >= 15 is 0 Å². The first kappa shape index (κ1) is 20.3. The third-order valence-electron chi connectivity index (χ3n) is 5.21. The number of morpholine rings is 1. The smallest absolute Gasteiger partial charge is 0.252 e. The molecule has 6 heteroatoms. The maximum absolute atomic E-state index is 12.9. The van der Waals surface area contributed by atoms with Gasteiger partial charge in [-0.3, -0.25) is 9.69 Å². The Morgan fingerprint density at radius 2 is 1.83 bits per heavy atom. The molecule has 30 heavy (non-hydrogen) atoms. The predicted molar refractivity (Wildman–Crippen MR) is 117 cm³/mol. The highest BCUT2D eigenvalue weighted by Gasteiger charge is 2.14. The average molecular weight is 405 g/mol. The van der Waals surface area contributed by atoms with Crippen molar-refractivity contribution in [1.29, 1.82) is 0 Å². The second kappa shape index (κ2) is 10.2. The van der Waals surface area contributed by atoms with Crippen LogP contribution in [0, 0.1) is 0 Å². The van der Waals surface area contributed by atoms with Gasteiger partial charge in [0.25, 0.3) is 5.91 Å². The number of para-hydroxylation sites is 1. The van der Waals surface area contributed by atoms with E-state index in [0.717, 1.165) is 55.7 Å². The lowest BCUT2D eigenvalue weighted by Crippen LogP contribution is -2.38. The largest absolute Gasteiger partial charge is 0.473 e. The summed E-state index contributed by atoms with van der Waals surface area (Å²) in [7, 11) is 0. The molecular formula is C24H27N3O3.